The second-order valence-corrected chi connectivity index (χ2v) is 18.0. The molecule has 0 amide bonds. The smallest absolute Gasteiger partial charge is 0.0543 e. The van der Waals surface area contributed by atoms with Crippen LogP contribution in [-0.2, 0) is 16.2 Å². The summed E-state index contributed by atoms with van der Waals surface area (Å²) in [7, 11) is 0. The van der Waals surface area contributed by atoms with Gasteiger partial charge >= 0.3 is 0 Å². The Kier molecular flexibility index (Phi) is 7.82. The lowest BCUT2D eigenvalue weighted by Crippen LogP contribution is -2.35. The van der Waals surface area contributed by atoms with E-state index in [9.17, 15) is 0 Å². The van der Waals surface area contributed by atoms with Gasteiger partial charge in [-0.25, -0.2) is 0 Å². The van der Waals surface area contributed by atoms with Crippen LogP contribution in [-0.4, -0.2) is 0 Å². The van der Waals surface area contributed by atoms with Crippen LogP contribution in [0.1, 0.15) is 71.7 Å². The van der Waals surface area contributed by atoms with Gasteiger partial charge < -0.3 is 4.90 Å². The van der Waals surface area contributed by atoms with E-state index in [4.69, 9.17) is 0 Å². The van der Waals surface area contributed by atoms with Crippen molar-refractivity contribution in [3.63, 3.8) is 0 Å². The molecule has 0 saturated heterocycles. The average Bonchev–Trinajstić information content (AvgIpc) is 3.87. The molecule has 0 saturated carbocycles. The monoisotopic (exact) mass is 781 g/mol. The minimum absolute atomic E-state index is 0.157. The predicted octanol–water partition coefficient (Wildman–Crippen LogP) is 15.2. The summed E-state index contributed by atoms with van der Waals surface area (Å²) in [6.45, 7) is 7.24. The zero-order valence-corrected chi connectivity index (χ0v) is 34.9. The molecule has 61 heavy (non-hydrogen) atoms. The maximum Gasteiger partial charge on any atom is 0.0543 e. The number of hydrogen-bond donors (Lipinski definition) is 0. The minimum atomic E-state index is -0.406. The van der Waals surface area contributed by atoms with Crippen LogP contribution in [0.25, 0.3) is 33.4 Å². The molecule has 12 rings (SSSR count). The van der Waals surface area contributed by atoms with Gasteiger partial charge in [0.05, 0.1) is 16.8 Å². The topological polar surface area (TPSA) is 3.24 Å². The summed E-state index contributed by atoms with van der Waals surface area (Å²) in [6, 6.07) is 71.3. The fourth-order valence-electron chi connectivity index (χ4n) is 12.1. The van der Waals surface area contributed by atoms with Crippen molar-refractivity contribution >= 4 is 17.1 Å². The molecule has 8 aromatic carbocycles. The summed E-state index contributed by atoms with van der Waals surface area (Å²) in [5.74, 6) is 0.238. The Morgan fingerprint density at radius 2 is 1.02 bits per heavy atom. The highest BCUT2D eigenvalue weighted by Gasteiger charge is 2.51. The molecular formula is C60H47N. The van der Waals surface area contributed by atoms with Crippen molar-refractivity contribution in [3.05, 3.63) is 257 Å². The first kappa shape index (κ1) is 35.9. The second kappa shape index (κ2) is 13.3. The maximum absolute atomic E-state index is 2.64. The molecule has 0 aliphatic heterocycles. The van der Waals surface area contributed by atoms with Gasteiger partial charge in [-0.1, -0.05) is 202 Å². The van der Waals surface area contributed by atoms with Crippen molar-refractivity contribution in [2.45, 2.75) is 43.4 Å². The zero-order chi connectivity index (χ0) is 40.9. The average molecular weight is 782 g/mol. The van der Waals surface area contributed by atoms with Gasteiger partial charge in [0.2, 0.25) is 0 Å². The molecule has 0 spiro atoms. The Hall–Kier alpha value is -6.96. The van der Waals surface area contributed by atoms with E-state index in [1.54, 1.807) is 0 Å². The number of fused-ring (bicyclic) bond motifs is 9. The third-order valence-corrected chi connectivity index (χ3v) is 14.8. The normalized spacial score (nSPS) is 20.6. The van der Waals surface area contributed by atoms with Gasteiger partial charge in [0.15, 0.2) is 0 Å². The minimum Gasteiger partial charge on any atom is -0.310 e. The quantitative estimate of drug-likeness (QED) is 0.162. The van der Waals surface area contributed by atoms with Gasteiger partial charge in [-0.3, -0.25) is 0 Å². The van der Waals surface area contributed by atoms with Gasteiger partial charge in [-0.15, -0.1) is 0 Å². The first-order chi connectivity index (χ1) is 29.9. The number of benzene rings is 8. The SMILES string of the molecule is CC1(C)c2ccccc2-c2ccc(N(c3cccc4c3-c3ccccc3C4(c3ccccc3)C3C=CC=CC3)c3cccc4c3C(C)(c3ccccc3)c3ccccc3-4)cc21. The Labute approximate surface area is 360 Å². The molecule has 0 heterocycles. The summed E-state index contributed by atoms with van der Waals surface area (Å²) in [5.41, 5.74) is 21.3. The Morgan fingerprint density at radius 3 is 1.75 bits per heavy atom. The van der Waals surface area contributed by atoms with Crippen LogP contribution in [0.15, 0.2) is 212 Å². The summed E-state index contributed by atoms with van der Waals surface area (Å²) in [4.78, 5) is 2.64. The molecule has 1 heteroatoms. The summed E-state index contributed by atoms with van der Waals surface area (Å²) in [6.07, 6.45) is 10.2. The summed E-state index contributed by atoms with van der Waals surface area (Å²) >= 11 is 0. The van der Waals surface area contributed by atoms with Crippen molar-refractivity contribution in [3.8, 4) is 33.4 Å². The van der Waals surface area contributed by atoms with Crippen molar-refractivity contribution in [2.75, 3.05) is 4.90 Å². The number of rotatable bonds is 6. The largest absolute Gasteiger partial charge is 0.310 e. The van der Waals surface area contributed by atoms with Crippen molar-refractivity contribution in [1.29, 1.82) is 0 Å². The van der Waals surface area contributed by atoms with E-state index in [0.29, 0.717) is 0 Å². The molecule has 0 aromatic heterocycles. The van der Waals surface area contributed by atoms with Crippen LogP contribution in [0.4, 0.5) is 17.1 Å². The molecular weight excluding hydrogens is 735 g/mol. The number of hydrogen-bond acceptors (Lipinski definition) is 1. The van der Waals surface area contributed by atoms with Crippen LogP contribution >= 0.6 is 0 Å². The third-order valence-electron chi connectivity index (χ3n) is 14.8. The standard InChI is InChI=1S/C60H47N/c1-58(2)49-31-16-13-27-44(49)46-38-37-43(39-53(46)58)61(55-36-19-30-47-45-28-14-17-32-50(45)59(3,57(47)55)40-21-7-4-8-22-40)54-35-20-34-52-56(54)48-29-15-18-33-51(48)60(52,41-23-9-5-10-24-41)42-25-11-6-12-26-42/h4-25,27-39,42H,26H2,1-3H3. The Bertz CT molecular complexity index is 3110. The lowest BCUT2D eigenvalue weighted by Gasteiger charge is -2.40. The van der Waals surface area contributed by atoms with E-state index in [1.807, 2.05) is 0 Å². The van der Waals surface area contributed by atoms with E-state index >= 15 is 0 Å². The fraction of sp³-hybridized carbons (Fsp3) is 0.133. The van der Waals surface area contributed by atoms with E-state index < -0.39 is 5.41 Å². The molecule has 0 radical (unpaired) electrons. The molecule has 8 aromatic rings. The van der Waals surface area contributed by atoms with Crippen LogP contribution < -0.4 is 4.90 Å². The predicted molar refractivity (Wildman–Crippen MR) is 254 cm³/mol. The molecule has 0 N–H and O–H groups in total. The number of allylic oxidation sites excluding steroid dienone is 4. The van der Waals surface area contributed by atoms with Gasteiger partial charge in [0.1, 0.15) is 0 Å². The molecule has 0 fully saturated rings. The molecule has 292 valence electrons. The zero-order valence-electron chi connectivity index (χ0n) is 34.9. The first-order valence-corrected chi connectivity index (χ1v) is 21.9. The number of anilines is 3. The highest BCUT2D eigenvalue weighted by molar-refractivity contribution is 6.00. The summed E-state index contributed by atoms with van der Waals surface area (Å²) in [5, 5.41) is 0. The second-order valence-electron chi connectivity index (χ2n) is 18.0. The lowest BCUT2D eigenvalue weighted by atomic mass is 9.62. The van der Waals surface area contributed by atoms with Gasteiger partial charge in [0.25, 0.3) is 0 Å². The van der Waals surface area contributed by atoms with Crippen molar-refractivity contribution in [1.82, 2.24) is 0 Å². The van der Waals surface area contributed by atoms with Crippen LogP contribution in [0.3, 0.4) is 0 Å². The first-order valence-electron chi connectivity index (χ1n) is 21.9. The highest BCUT2D eigenvalue weighted by atomic mass is 15.2. The highest BCUT2D eigenvalue weighted by Crippen LogP contribution is 2.63. The van der Waals surface area contributed by atoms with E-state index in [2.05, 4.69) is 238 Å². The van der Waals surface area contributed by atoms with E-state index in [1.165, 1.54) is 95.0 Å². The van der Waals surface area contributed by atoms with Crippen molar-refractivity contribution < 1.29 is 0 Å². The van der Waals surface area contributed by atoms with Crippen LogP contribution in [0, 0.1) is 5.92 Å². The Balaban J connectivity index is 1.19. The fourth-order valence-corrected chi connectivity index (χ4v) is 12.1. The van der Waals surface area contributed by atoms with Crippen LogP contribution in [0.2, 0.25) is 0 Å². The maximum atomic E-state index is 2.64. The van der Waals surface area contributed by atoms with Crippen LogP contribution in [0.5, 0.6) is 0 Å². The molecule has 4 aliphatic carbocycles. The summed E-state index contributed by atoms with van der Waals surface area (Å²) < 4.78 is 0. The molecule has 3 atom stereocenters. The van der Waals surface area contributed by atoms with Gasteiger partial charge in [-0.2, -0.15) is 0 Å². The molecule has 4 aliphatic rings. The molecule has 3 unspecified atom stereocenters. The molecule has 1 nitrogen and oxygen atoms in total. The Morgan fingerprint density at radius 1 is 0.443 bits per heavy atom. The lowest BCUT2D eigenvalue weighted by molar-refractivity contribution is 0.457. The number of nitrogens with zero attached hydrogens (tertiary/aromatic N) is 1. The third kappa shape index (κ3) is 4.84. The van der Waals surface area contributed by atoms with Gasteiger partial charge in [-0.05, 0) is 116 Å². The van der Waals surface area contributed by atoms with Crippen molar-refractivity contribution in [2.24, 2.45) is 5.92 Å². The van der Waals surface area contributed by atoms with E-state index in [0.717, 1.165) is 6.42 Å². The van der Waals surface area contributed by atoms with Gasteiger partial charge in [0, 0.05) is 22.1 Å². The van der Waals surface area contributed by atoms with E-state index in [-0.39, 0.29) is 16.7 Å². The molecule has 0 bridgehead atoms.